The van der Waals surface area contributed by atoms with Crippen molar-refractivity contribution >= 4 is 15.7 Å². The first kappa shape index (κ1) is 19.4. The highest BCUT2D eigenvalue weighted by Gasteiger charge is 2.30. The third kappa shape index (κ3) is 4.20. The number of hydrogen-bond acceptors (Lipinski definition) is 8. The number of sulfone groups is 1. The quantitative estimate of drug-likeness (QED) is 0.740. The Balaban J connectivity index is 2.25. The molecule has 1 N–H and O–H groups in total. The summed E-state index contributed by atoms with van der Waals surface area (Å²) in [6, 6.07) is 4.55. The van der Waals surface area contributed by atoms with E-state index in [4.69, 9.17) is 9.47 Å². The lowest BCUT2D eigenvalue weighted by Gasteiger charge is -2.10. The molecule has 0 aliphatic rings. The van der Waals surface area contributed by atoms with Crippen LogP contribution in [0.3, 0.4) is 0 Å². The number of alkyl halides is 2. The number of benzene rings is 1. The molecule has 9 nitrogen and oxygen atoms in total. The van der Waals surface area contributed by atoms with Gasteiger partial charge in [-0.3, -0.25) is 4.79 Å². The van der Waals surface area contributed by atoms with Crippen LogP contribution >= 0.6 is 0 Å². The summed E-state index contributed by atoms with van der Waals surface area (Å²) in [5.74, 6) is -4.46. The number of amides is 1. The molecule has 1 heterocycles. The lowest BCUT2D eigenvalue weighted by Crippen LogP contribution is -2.27. The molecule has 140 valence electrons. The van der Waals surface area contributed by atoms with Crippen molar-refractivity contribution < 1.29 is 31.5 Å². The number of halogens is 2. The van der Waals surface area contributed by atoms with Crippen LogP contribution < -0.4 is 14.8 Å². The Labute approximate surface area is 147 Å². The molecule has 0 fully saturated rings. The van der Waals surface area contributed by atoms with Crippen LogP contribution in [0.2, 0.25) is 0 Å². The molecule has 1 amide bonds. The second kappa shape index (κ2) is 7.99. The molecular formula is C14H14F2N4O5S. The number of carbonyl (C=O) groups is 1. The van der Waals surface area contributed by atoms with Gasteiger partial charge in [0.1, 0.15) is 0 Å². The average molecular weight is 388 g/mol. The van der Waals surface area contributed by atoms with Crippen LogP contribution in [0.1, 0.15) is 16.2 Å². The summed E-state index contributed by atoms with van der Waals surface area (Å²) in [4.78, 5) is 23.1. The SMILES string of the molecule is COc1nc(CNC(=O)c2ccccc2S(=O)(=O)C(F)F)nc(OC)n1. The van der Waals surface area contributed by atoms with E-state index in [1.807, 2.05) is 0 Å². The molecule has 26 heavy (non-hydrogen) atoms. The summed E-state index contributed by atoms with van der Waals surface area (Å²) >= 11 is 0. The third-order valence-corrected chi connectivity index (χ3v) is 4.52. The highest BCUT2D eigenvalue weighted by molar-refractivity contribution is 7.91. The molecule has 0 aliphatic heterocycles. The van der Waals surface area contributed by atoms with Gasteiger partial charge in [0.05, 0.1) is 31.2 Å². The van der Waals surface area contributed by atoms with Gasteiger partial charge in [0.25, 0.3) is 5.91 Å². The minimum absolute atomic E-state index is 0.0539. The Morgan fingerprint density at radius 3 is 2.23 bits per heavy atom. The van der Waals surface area contributed by atoms with Crippen molar-refractivity contribution in [3.8, 4) is 12.0 Å². The minimum Gasteiger partial charge on any atom is -0.467 e. The number of hydrogen-bond donors (Lipinski definition) is 1. The molecule has 2 aromatic rings. The number of ether oxygens (including phenoxy) is 2. The van der Waals surface area contributed by atoms with Crippen molar-refractivity contribution in [2.75, 3.05) is 14.2 Å². The van der Waals surface area contributed by atoms with Crippen LogP contribution in [0, 0.1) is 0 Å². The fourth-order valence-corrected chi connectivity index (χ4v) is 2.82. The first-order valence-corrected chi connectivity index (χ1v) is 8.56. The van der Waals surface area contributed by atoms with E-state index in [2.05, 4.69) is 20.3 Å². The van der Waals surface area contributed by atoms with Crippen molar-refractivity contribution in [3.05, 3.63) is 35.7 Å². The smallest absolute Gasteiger partial charge is 0.341 e. The predicted molar refractivity (Wildman–Crippen MR) is 83.7 cm³/mol. The molecule has 0 saturated carbocycles. The summed E-state index contributed by atoms with van der Waals surface area (Å²) in [7, 11) is -2.29. The maximum atomic E-state index is 12.8. The Kier molecular flexibility index (Phi) is 5.97. The molecule has 12 heteroatoms. The highest BCUT2D eigenvalue weighted by Crippen LogP contribution is 2.22. The van der Waals surface area contributed by atoms with Crippen molar-refractivity contribution in [2.24, 2.45) is 0 Å². The predicted octanol–water partition coefficient (Wildman–Crippen LogP) is 0.815. The van der Waals surface area contributed by atoms with Gasteiger partial charge < -0.3 is 14.8 Å². The third-order valence-electron chi connectivity index (χ3n) is 3.09. The van der Waals surface area contributed by atoms with Crippen molar-refractivity contribution in [1.29, 1.82) is 0 Å². The van der Waals surface area contributed by atoms with Gasteiger partial charge >= 0.3 is 17.8 Å². The van der Waals surface area contributed by atoms with E-state index in [-0.39, 0.29) is 24.4 Å². The van der Waals surface area contributed by atoms with E-state index < -0.39 is 32.0 Å². The van der Waals surface area contributed by atoms with E-state index in [9.17, 15) is 22.0 Å². The van der Waals surface area contributed by atoms with Crippen LogP contribution in [0.5, 0.6) is 12.0 Å². The van der Waals surface area contributed by atoms with E-state index >= 15 is 0 Å². The Bertz CT molecular complexity index is 886. The molecular weight excluding hydrogens is 374 g/mol. The molecule has 0 radical (unpaired) electrons. The fourth-order valence-electron chi connectivity index (χ4n) is 1.89. The van der Waals surface area contributed by atoms with E-state index in [1.165, 1.54) is 26.4 Å². The maximum Gasteiger partial charge on any atom is 0.341 e. The molecule has 0 bridgehead atoms. The van der Waals surface area contributed by atoms with Gasteiger partial charge in [-0.1, -0.05) is 12.1 Å². The van der Waals surface area contributed by atoms with Crippen molar-refractivity contribution in [1.82, 2.24) is 20.3 Å². The molecule has 0 aliphatic carbocycles. The standard InChI is InChI=1S/C14H14F2N4O5S/c1-24-13-18-10(19-14(20-13)25-2)7-17-11(21)8-5-3-4-6-9(8)26(22,23)12(15)16/h3-6,12H,7H2,1-2H3,(H,17,21). The second-order valence-electron chi connectivity index (χ2n) is 4.71. The van der Waals surface area contributed by atoms with Gasteiger partial charge in [0, 0.05) is 0 Å². The summed E-state index contributed by atoms with van der Waals surface area (Å²) in [5, 5.41) is 2.36. The van der Waals surface area contributed by atoms with E-state index in [1.54, 1.807) is 0 Å². The van der Waals surface area contributed by atoms with Crippen molar-refractivity contribution in [2.45, 2.75) is 17.2 Å². The topological polar surface area (TPSA) is 120 Å². The van der Waals surface area contributed by atoms with Gasteiger partial charge in [0.15, 0.2) is 5.82 Å². The van der Waals surface area contributed by atoms with Crippen LogP contribution in [0.15, 0.2) is 29.2 Å². The zero-order valence-corrected chi connectivity index (χ0v) is 14.5. The number of aromatic nitrogens is 3. The maximum absolute atomic E-state index is 12.8. The normalized spacial score (nSPS) is 11.3. The summed E-state index contributed by atoms with van der Waals surface area (Å²) in [6.45, 7) is -0.239. The summed E-state index contributed by atoms with van der Waals surface area (Å²) < 4.78 is 58.7. The van der Waals surface area contributed by atoms with Gasteiger partial charge in [-0.2, -0.15) is 18.7 Å². The molecule has 0 saturated heterocycles. The summed E-state index contributed by atoms with van der Waals surface area (Å²) in [5.41, 5.74) is -0.416. The first-order chi connectivity index (χ1) is 12.3. The monoisotopic (exact) mass is 388 g/mol. The molecule has 2 rings (SSSR count). The first-order valence-electron chi connectivity index (χ1n) is 7.01. The molecule has 0 unspecified atom stereocenters. The fraction of sp³-hybridized carbons (Fsp3) is 0.286. The van der Waals surface area contributed by atoms with Crippen LogP contribution in [0.4, 0.5) is 8.78 Å². The Morgan fingerprint density at radius 2 is 1.69 bits per heavy atom. The van der Waals surface area contributed by atoms with Crippen LogP contribution in [-0.4, -0.2) is 49.3 Å². The molecule has 1 aromatic carbocycles. The van der Waals surface area contributed by atoms with E-state index in [0.29, 0.717) is 0 Å². The number of nitrogens with one attached hydrogen (secondary N) is 1. The lowest BCUT2D eigenvalue weighted by molar-refractivity contribution is 0.0946. The van der Waals surface area contributed by atoms with Gasteiger partial charge in [-0.15, -0.1) is 4.98 Å². The van der Waals surface area contributed by atoms with Crippen molar-refractivity contribution in [3.63, 3.8) is 0 Å². The molecule has 0 atom stereocenters. The molecule has 1 aromatic heterocycles. The zero-order chi connectivity index (χ0) is 19.3. The van der Waals surface area contributed by atoms with Crippen LogP contribution in [-0.2, 0) is 16.4 Å². The van der Waals surface area contributed by atoms with Gasteiger partial charge in [0.2, 0.25) is 9.84 Å². The average Bonchev–Trinajstić information content (AvgIpc) is 2.65. The second-order valence-corrected chi connectivity index (χ2v) is 6.60. The number of methoxy groups -OCH3 is 2. The lowest BCUT2D eigenvalue weighted by atomic mass is 10.2. The largest absolute Gasteiger partial charge is 0.467 e. The summed E-state index contributed by atoms with van der Waals surface area (Å²) in [6.07, 6.45) is 0. The number of rotatable bonds is 7. The van der Waals surface area contributed by atoms with Gasteiger partial charge in [-0.25, -0.2) is 8.42 Å². The van der Waals surface area contributed by atoms with Crippen LogP contribution in [0.25, 0.3) is 0 Å². The number of nitrogens with zero attached hydrogens (tertiary/aromatic N) is 3. The minimum atomic E-state index is -4.93. The number of carbonyl (C=O) groups excluding carboxylic acids is 1. The zero-order valence-electron chi connectivity index (χ0n) is 13.6. The molecule has 0 spiro atoms. The Morgan fingerprint density at radius 1 is 1.12 bits per heavy atom. The van der Waals surface area contributed by atoms with Gasteiger partial charge in [-0.05, 0) is 12.1 Å². The highest BCUT2D eigenvalue weighted by atomic mass is 32.2. The van der Waals surface area contributed by atoms with E-state index in [0.717, 1.165) is 12.1 Å². The Hall–Kier alpha value is -2.89.